The number of carbonyl (C=O) groups is 1. The standard InChI is InChI=1S/C18H19BrO3/c1-4-7-21-17-6-5-14(19)11-16(17)18(20)22-15-9-12(2)8-13(3)10-15/h5-6,8-11H,4,7H2,1-3H3. The topological polar surface area (TPSA) is 35.5 Å². The summed E-state index contributed by atoms with van der Waals surface area (Å²) in [5.74, 6) is 0.667. The summed E-state index contributed by atoms with van der Waals surface area (Å²) in [6.07, 6.45) is 0.877. The molecule has 2 rings (SSSR count). The van der Waals surface area contributed by atoms with Gasteiger partial charge in [0, 0.05) is 4.47 Å². The van der Waals surface area contributed by atoms with Crippen LogP contribution in [0.3, 0.4) is 0 Å². The average molecular weight is 363 g/mol. The van der Waals surface area contributed by atoms with E-state index in [0.29, 0.717) is 23.7 Å². The van der Waals surface area contributed by atoms with Crippen LogP contribution in [0.25, 0.3) is 0 Å². The summed E-state index contributed by atoms with van der Waals surface area (Å²) >= 11 is 3.38. The van der Waals surface area contributed by atoms with Crippen LogP contribution in [0.15, 0.2) is 40.9 Å². The monoisotopic (exact) mass is 362 g/mol. The van der Waals surface area contributed by atoms with Crippen molar-refractivity contribution in [3.63, 3.8) is 0 Å². The van der Waals surface area contributed by atoms with Crippen molar-refractivity contribution in [1.82, 2.24) is 0 Å². The Morgan fingerprint density at radius 2 is 1.77 bits per heavy atom. The first-order valence-corrected chi connectivity index (χ1v) is 8.01. The second kappa shape index (κ2) is 7.45. The molecule has 0 heterocycles. The van der Waals surface area contributed by atoms with Crippen LogP contribution in [0.2, 0.25) is 0 Å². The molecule has 0 aliphatic heterocycles. The lowest BCUT2D eigenvalue weighted by Gasteiger charge is -2.12. The predicted octanol–water partition coefficient (Wildman–Crippen LogP) is 5.07. The minimum atomic E-state index is -0.419. The molecule has 0 bridgehead atoms. The van der Waals surface area contributed by atoms with Gasteiger partial charge in [-0.25, -0.2) is 4.79 Å². The van der Waals surface area contributed by atoms with E-state index in [1.165, 1.54) is 0 Å². The summed E-state index contributed by atoms with van der Waals surface area (Å²) in [7, 11) is 0. The molecule has 22 heavy (non-hydrogen) atoms. The second-order valence-electron chi connectivity index (χ2n) is 5.20. The fourth-order valence-electron chi connectivity index (χ4n) is 2.15. The summed E-state index contributed by atoms with van der Waals surface area (Å²) in [6, 6.07) is 11.1. The van der Waals surface area contributed by atoms with Crippen molar-refractivity contribution >= 4 is 21.9 Å². The summed E-state index contributed by atoms with van der Waals surface area (Å²) < 4.78 is 11.9. The van der Waals surface area contributed by atoms with Gasteiger partial charge in [-0.2, -0.15) is 0 Å². The smallest absolute Gasteiger partial charge is 0.347 e. The Bertz CT molecular complexity index is 660. The van der Waals surface area contributed by atoms with Crippen LogP contribution < -0.4 is 9.47 Å². The van der Waals surface area contributed by atoms with Gasteiger partial charge in [-0.3, -0.25) is 0 Å². The molecule has 0 saturated heterocycles. The van der Waals surface area contributed by atoms with E-state index in [9.17, 15) is 4.79 Å². The largest absolute Gasteiger partial charge is 0.493 e. The SMILES string of the molecule is CCCOc1ccc(Br)cc1C(=O)Oc1cc(C)cc(C)c1. The maximum atomic E-state index is 12.4. The van der Waals surface area contributed by atoms with Gasteiger partial charge in [0.25, 0.3) is 0 Å². The molecule has 116 valence electrons. The Morgan fingerprint density at radius 1 is 1.09 bits per heavy atom. The van der Waals surface area contributed by atoms with Crippen molar-refractivity contribution in [2.45, 2.75) is 27.2 Å². The Kier molecular flexibility index (Phi) is 5.61. The molecule has 2 aromatic carbocycles. The van der Waals surface area contributed by atoms with E-state index >= 15 is 0 Å². The molecule has 0 atom stereocenters. The third-order valence-electron chi connectivity index (χ3n) is 3.03. The number of esters is 1. The quantitative estimate of drug-likeness (QED) is 0.549. The summed E-state index contributed by atoms with van der Waals surface area (Å²) in [5.41, 5.74) is 2.53. The molecule has 0 unspecified atom stereocenters. The predicted molar refractivity (Wildman–Crippen MR) is 90.8 cm³/mol. The second-order valence-corrected chi connectivity index (χ2v) is 6.12. The van der Waals surface area contributed by atoms with Gasteiger partial charge in [0.2, 0.25) is 0 Å². The lowest BCUT2D eigenvalue weighted by molar-refractivity contribution is 0.0730. The van der Waals surface area contributed by atoms with E-state index in [2.05, 4.69) is 15.9 Å². The molecule has 3 nitrogen and oxygen atoms in total. The van der Waals surface area contributed by atoms with Crippen LogP contribution in [0.4, 0.5) is 0 Å². The molecule has 4 heteroatoms. The van der Waals surface area contributed by atoms with Crippen molar-refractivity contribution in [3.05, 3.63) is 57.6 Å². The molecule has 0 spiro atoms. The van der Waals surface area contributed by atoms with Crippen LogP contribution in [-0.2, 0) is 0 Å². The van der Waals surface area contributed by atoms with Gasteiger partial charge in [0.15, 0.2) is 0 Å². The van der Waals surface area contributed by atoms with Crippen molar-refractivity contribution in [2.75, 3.05) is 6.61 Å². The lowest BCUT2D eigenvalue weighted by atomic mass is 10.1. The number of benzene rings is 2. The van der Waals surface area contributed by atoms with Crippen LogP contribution in [0.5, 0.6) is 11.5 Å². The highest BCUT2D eigenvalue weighted by Gasteiger charge is 2.16. The molecular formula is C18H19BrO3. The first-order chi connectivity index (χ1) is 10.5. The first-order valence-electron chi connectivity index (χ1n) is 7.22. The molecule has 0 aliphatic carbocycles. The van der Waals surface area contributed by atoms with E-state index in [-0.39, 0.29) is 0 Å². The molecule has 0 aromatic heterocycles. The Morgan fingerprint density at radius 3 is 2.41 bits per heavy atom. The fourth-order valence-corrected chi connectivity index (χ4v) is 2.51. The number of hydrogen-bond donors (Lipinski definition) is 0. The summed E-state index contributed by atoms with van der Waals surface area (Å²) in [6.45, 7) is 6.52. The lowest BCUT2D eigenvalue weighted by Crippen LogP contribution is -2.11. The molecule has 0 amide bonds. The highest BCUT2D eigenvalue weighted by atomic mass is 79.9. The number of rotatable bonds is 5. The third kappa shape index (κ3) is 4.34. The van der Waals surface area contributed by atoms with Crippen molar-refractivity contribution in [2.24, 2.45) is 0 Å². The summed E-state index contributed by atoms with van der Waals surface area (Å²) in [5, 5.41) is 0. The van der Waals surface area contributed by atoms with Gasteiger partial charge in [0.05, 0.1) is 6.61 Å². The first kappa shape index (κ1) is 16.6. The van der Waals surface area contributed by atoms with Crippen molar-refractivity contribution in [1.29, 1.82) is 0 Å². The van der Waals surface area contributed by atoms with Crippen LogP contribution in [0, 0.1) is 13.8 Å². The van der Waals surface area contributed by atoms with Gasteiger partial charge in [-0.15, -0.1) is 0 Å². The van der Waals surface area contributed by atoms with Crippen LogP contribution in [0.1, 0.15) is 34.8 Å². The Hall–Kier alpha value is -1.81. The van der Waals surface area contributed by atoms with Gasteiger partial charge in [-0.05, 0) is 61.7 Å². The van der Waals surface area contributed by atoms with Crippen molar-refractivity contribution in [3.8, 4) is 11.5 Å². The molecule has 0 radical (unpaired) electrons. The van der Waals surface area contributed by atoms with Gasteiger partial charge in [-0.1, -0.05) is 28.9 Å². The van der Waals surface area contributed by atoms with Crippen LogP contribution in [-0.4, -0.2) is 12.6 Å². The van der Waals surface area contributed by atoms with E-state index in [1.54, 1.807) is 12.1 Å². The maximum Gasteiger partial charge on any atom is 0.347 e. The average Bonchev–Trinajstić information content (AvgIpc) is 2.44. The highest BCUT2D eigenvalue weighted by molar-refractivity contribution is 9.10. The number of hydrogen-bond acceptors (Lipinski definition) is 3. The van der Waals surface area contributed by atoms with E-state index < -0.39 is 5.97 Å². The third-order valence-corrected chi connectivity index (χ3v) is 3.52. The number of carbonyl (C=O) groups excluding carboxylic acids is 1. The maximum absolute atomic E-state index is 12.4. The van der Waals surface area contributed by atoms with Gasteiger partial charge < -0.3 is 9.47 Å². The molecular weight excluding hydrogens is 344 g/mol. The zero-order valence-electron chi connectivity index (χ0n) is 13.0. The number of halogens is 1. The fraction of sp³-hybridized carbons (Fsp3) is 0.278. The molecule has 2 aromatic rings. The highest BCUT2D eigenvalue weighted by Crippen LogP contribution is 2.26. The number of aryl methyl sites for hydroxylation is 2. The molecule has 0 saturated carbocycles. The van der Waals surface area contributed by atoms with E-state index in [1.807, 2.05) is 45.0 Å². The van der Waals surface area contributed by atoms with Crippen molar-refractivity contribution < 1.29 is 14.3 Å². The Balaban J connectivity index is 2.26. The van der Waals surface area contributed by atoms with E-state index in [0.717, 1.165) is 22.0 Å². The zero-order valence-corrected chi connectivity index (χ0v) is 14.6. The molecule has 0 aliphatic rings. The van der Waals surface area contributed by atoms with Crippen LogP contribution >= 0.6 is 15.9 Å². The van der Waals surface area contributed by atoms with Gasteiger partial charge >= 0.3 is 5.97 Å². The summed E-state index contributed by atoms with van der Waals surface area (Å²) in [4.78, 5) is 12.4. The Labute approximate surface area is 139 Å². The number of ether oxygens (including phenoxy) is 2. The van der Waals surface area contributed by atoms with E-state index in [4.69, 9.17) is 9.47 Å². The molecule has 0 fully saturated rings. The molecule has 0 N–H and O–H groups in total. The normalized spacial score (nSPS) is 10.4. The minimum absolute atomic E-state index is 0.419. The zero-order chi connectivity index (χ0) is 16.1. The minimum Gasteiger partial charge on any atom is -0.493 e. The van der Waals surface area contributed by atoms with Gasteiger partial charge in [0.1, 0.15) is 17.1 Å².